The number of rotatable bonds is 5. The smallest absolute Gasteiger partial charge is 0.311 e. The fraction of sp³-hybridized carbons (Fsp3) is 0.417. The van der Waals surface area contributed by atoms with Crippen molar-refractivity contribution in [1.82, 2.24) is 10.6 Å². The Hall–Kier alpha value is -1.93. The number of carbonyl (C=O) groups is 3. The van der Waals surface area contributed by atoms with E-state index in [1.54, 1.807) is 17.5 Å². The molecule has 1 fully saturated rings. The first-order valence-electron chi connectivity index (χ1n) is 5.99. The first-order chi connectivity index (χ1) is 9.58. The number of hydrogen-bond donors (Lipinski definition) is 3. The van der Waals surface area contributed by atoms with Crippen LogP contribution in [0.5, 0.6) is 0 Å². The quantitative estimate of drug-likeness (QED) is 0.692. The molecule has 2 heterocycles. The summed E-state index contributed by atoms with van der Waals surface area (Å²) in [7, 11) is 0. The van der Waals surface area contributed by atoms with Gasteiger partial charge >= 0.3 is 5.97 Å². The van der Waals surface area contributed by atoms with E-state index < -0.39 is 23.8 Å². The van der Waals surface area contributed by atoms with Crippen LogP contribution in [0.3, 0.4) is 0 Å². The van der Waals surface area contributed by atoms with E-state index in [4.69, 9.17) is 9.84 Å². The topological polar surface area (TPSA) is 105 Å². The fourth-order valence-electron chi connectivity index (χ4n) is 1.85. The van der Waals surface area contributed by atoms with Gasteiger partial charge in [-0.25, -0.2) is 0 Å². The fourth-order valence-corrected chi connectivity index (χ4v) is 2.49. The number of amides is 2. The molecule has 0 aliphatic carbocycles. The average Bonchev–Trinajstić information content (AvgIpc) is 3.06. The highest BCUT2D eigenvalue weighted by Gasteiger charge is 2.34. The molecule has 0 saturated carbocycles. The monoisotopic (exact) mass is 298 g/mol. The van der Waals surface area contributed by atoms with E-state index in [0.29, 0.717) is 4.88 Å². The van der Waals surface area contributed by atoms with E-state index in [-0.39, 0.29) is 25.7 Å². The summed E-state index contributed by atoms with van der Waals surface area (Å²) in [6.07, 6.45) is 0. The standard InChI is InChI=1S/C12H14N2O5S/c15-10(4-13-11(16)9-2-1-3-20-9)14-8-6-19-5-7(8)12(17)18/h1-3,7-8H,4-6H2,(H,13,16)(H,14,15)(H,17,18). The summed E-state index contributed by atoms with van der Waals surface area (Å²) in [6.45, 7) is 0.0585. The maximum atomic E-state index is 11.7. The SMILES string of the molecule is O=C(CNC(=O)c1cccs1)NC1COCC1C(=O)O. The first kappa shape index (κ1) is 14.5. The van der Waals surface area contributed by atoms with Crippen LogP contribution in [0.1, 0.15) is 9.67 Å². The van der Waals surface area contributed by atoms with E-state index >= 15 is 0 Å². The van der Waals surface area contributed by atoms with Gasteiger partial charge < -0.3 is 20.5 Å². The number of hydrogen-bond acceptors (Lipinski definition) is 5. The minimum atomic E-state index is -1.00. The lowest BCUT2D eigenvalue weighted by atomic mass is 10.0. The Balaban J connectivity index is 1.78. The number of carboxylic acids is 1. The van der Waals surface area contributed by atoms with Crippen molar-refractivity contribution in [2.75, 3.05) is 19.8 Å². The van der Waals surface area contributed by atoms with Crippen LogP contribution in [-0.2, 0) is 14.3 Å². The molecule has 0 radical (unpaired) electrons. The van der Waals surface area contributed by atoms with Gasteiger partial charge in [0.25, 0.3) is 5.91 Å². The van der Waals surface area contributed by atoms with Crippen molar-refractivity contribution in [2.45, 2.75) is 6.04 Å². The number of carbonyl (C=O) groups excluding carboxylic acids is 2. The van der Waals surface area contributed by atoms with Crippen LogP contribution in [0, 0.1) is 5.92 Å². The average molecular weight is 298 g/mol. The Bertz CT molecular complexity index is 502. The predicted molar refractivity (Wildman–Crippen MR) is 70.5 cm³/mol. The third kappa shape index (κ3) is 3.55. The molecule has 2 atom stereocenters. The van der Waals surface area contributed by atoms with Crippen molar-refractivity contribution in [3.63, 3.8) is 0 Å². The second-order valence-corrected chi connectivity index (χ2v) is 5.26. The summed E-state index contributed by atoms with van der Waals surface area (Å²) in [5.74, 6) is -2.51. The van der Waals surface area contributed by atoms with Crippen molar-refractivity contribution in [1.29, 1.82) is 0 Å². The Morgan fingerprint density at radius 2 is 2.20 bits per heavy atom. The molecular weight excluding hydrogens is 284 g/mol. The molecule has 1 aliphatic rings. The molecule has 0 spiro atoms. The molecular formula is C12H14N2O5S. The van der Waals surface area contributed by atoms with Crippen molar-refractivity contribution in [3.05, 3.63) is 22.4 Å². The molecule has 1 aliphatic heterocycles. The van der Waals surface area contributed by atoms with Gasteiger partial charge in [-0.3, -0.25) is 14.4 Å². The number of carboxylic acid groups (broad SMARTS) is 1. The lowest BCUT2D eigenvalue weighted by Crippen LogP contribution is -2.46. The van der Waals surface area contributed by atoms with Crippen LogP contribution >= 0.6 is 11.3 Å². The lowest BCUT2D eigenvalue weighted by Gasteiger charge is -2.15. The van der Waals surface area contributed by atoms with Gasteiger partial charge in [-0.2, -0.15) is 0 Å². The molecule has 0 bridgehead atoms. The molecule has 108 valence electrons. The van der Waals surface area contributed by atoms with Gasteiger partial charge in [0.1, 0.15) is 5.92 Å². The molecule has 0 aromatic carbocycles. The number of aliphatic carboxylic acids is 1. The summed E-state index contributed by atoms with van der Waals surface area (Å²) in [5, 5.41) is 15.7. The van der Waals surface area contributed by atoms with Gasteiger partial charge in [0, 0.05) is 0 Å². The minimum absolute atomic E-state index is 0.0852. The van der Waals surface area contributed by atoms with E-state index in [1.807, 2.05) is 0 Å². The van der Waals surface area contributed by atoms with E-state index in [9.17, 15) is 14.4 Å². The zero-order valence-electron chi connectivity index (χ0n) is 10.5. The van der Waals surface area contributed by atoms with Crippen LogP contribution in [0.2, 0.25) is 0 Å². The van der Waals surface area contributed by atoms with Gasteiger partial charge in [0.15, 0.2) is 0 Å². The summed E-state index contributed by atoms with van der Waals surface area (Å²) in [5.41, 5.74) is 0. The zero-order valence-corrected chi connectivity index (χ0v) is 11.3. The van der Waals surface area contributed by atoms with Crippen LogP contribution in [0.25, 0.3) is 0 Å². The van der Waals surface area contributed by atoms with Crippen molar-refractivity contribution in [3.8, 4) is 0 Å². The molecule has 2 unspecified atom stereocenters. The zero-order chi connectivity index (χ0) is 14.5. The third-order valence-corrected chi connectivity index (χ3v) is 3.77. The molecule has 3 N–H and O–H groups in total. The molecule has 2 rings (SSSR count). The molecule has 1 saturated heterocycles. The van der Waals surface area contributed by atoms with Gasteiger partial charge in [0.2, 0.25) is 5.91 Å². The van der Waals surface area contributed by atoms with Crippen LogP contribution in [0.15, 0.2) is 17.5 Å². The van der Waals surface area contributed by atoms with Crippen molar-refractivity contribution >= 4 is 29.1 Å². The van der Waals surface area contributed by atoms with E-state index in [0.717, 1.165) is 0 Å². The Kier molecular flexibility index (Phi) is 4.70. The van der Waals surface area contributed by atoms with Crippen LogP contribution < -0.4 is 10.6 Å². The second kappa shape index (κ2) is 6.49. The number of thiophene rings is 1. The van der Waals surface area contributed by atoms with Gasteiger partial charge in [-0.1, -0.05) is 6.07 Å². The van der Waals surface area contributed by atoms with Crippen molar-refractivity contribution in [2.24, 2.45) is 5.92 Å². The molecule has 20 heavy (non-hydrogen) atoms. The normalized spacial score (nSPS) is 21.4. The molecule has 2 amide bonds. The maximum absolute atomic E-state index is 11.7. The highest BCUT2D eigenvalue weighted by Crippen LogP contribution is 2.13. The summed E-state index contributed by atoms with van der Waals surface area (Å²) < 4.78 is 5.04. The largest absolute Gasteiger partial charge is 0.481 e. The van der Waals surface area contributed by atoms with Crippen LogP contribution in [-0.4, -0.2) is 48.7 Å². The third-order valence-electron chi connectivity index (χ3n) is 2.90. The van der Waals surface area contributed by atoms with Gasteiger partial charge in [-0.15, -0.1) is 11.3 Å². The molecule has 8 heteroatoms. The molecule has 7 nitrogen and oxygen atoms in total. The Labute approximate surface area is 118 Å². The minimum Gasteiger partial charge on any atom is -0.481 e. The highest BCUT2D eigenvalue weighted by molar-refractivity contribution is 7.12. The Morgan fingerprint density at radius 3 is 2.85 bits per heavy atom. The van der Waals surface area contributed by atoms with Gasteiger partial charge in [0.05, 0.1) is 30.7 Å². The predicted octanol–water partition coefficient (Wildman–Crippen LogP) is -0.306. The molecule has 1 aromatic heterocycles. The first-order valence-corrected chi connectivity index (χ1v) is 6.87. The van der Waals surface area contributed by atoms with Crippen molar-refractivity contribution < 1.29 is 24.2 Å². The Morgan fingerprint density at radius 1 is 1.40 bits per heavy atom. The maximum Gasteiger partial charge on any atom is 0.311 e. The van der Waals surface area contributed by atoms with E-state index in [1.165, 1.54) is 11.3 Å². The number of ether oxygens (including phenoxy) is 1. The molecule has 1 aromatic rings. The lowest BCUT2D eigenvalue weighted by molar-refractivity contribution is -0.142. The van der Waals surface area contributed by atoms with E-state index in [2.05, 4.69) is 10.6 Å². The summed E-state index contributed by atoms with van der Waals surface area (Å²) in [6, 6.07) is 2.84. The second-order valence-electron chi connectivity index (χ2n) is 4.32. The summed E-state index contributed by atoms with van der Waals surface area (Å²) >= 11 is 1.28. The number of nitrogens with one attached hydrogen (secondary N) is 2. The van der Waals surface area contributed by atoms with Gasteiger partial charge in [-0.05, 0) is 11.4 Å². The van der Waals surface area contributed by atoms with Crippen LogP contribution in [0.4, 0.5) is 0 Å². The summed E-state index contributed by atoms with van der Waals surface area (Å²) in [4.78, 5) is 34.7. The highest BCUT2D eigenvalue weighted by atomic mass is 32.1.